The molecule has 0 unspecified atom stereocenters. The normalized spacial score (nSPS) is 11.4. The lowest BCUT2D eigenvalue weighted by molar-refractivity contribution is 0.601. The third-order valence-electron chi connectivity index (χ3n) is 2.73. The average Bonchev–Trinajstić information content (AvgIpc) is 2.42. The molecule has 0 aliphatic heterocycles. The van der Waals surface area contributed by atoms with E-state index in [9.17, 15) is 8.42 Å². The maximum atomic E-state index is 12.3. The van der Waals surface area contributed by atoms with Gasteiger partial charge in [-0.15, -0.1) is 0 Å². The summed E-state index contributed by atoms with van der Waals surface area (Å²) >= 11 is 14.1. The molecule has 0 saturated carbocycles. The van der Waals surface area contributed by atoms with Crippen molar-refractivity contribution in [1.29, 1.82) is 0 Å². The Morgan fingerprint density at radius 3 is 2.38 bits per heavy atom. The minimum Gasteiger partial charge on any atom is -0.326 e. The van der Waals surface area contributed by atoms with E-state index in [4.69, 9.17) is 28.9 Å². The summed E-state index contributed by atoms with van der Waals surface area (Å²) in [5.74, 6) is 0. The van der Waals surface area contributed by atoms with Crippen LogP contribution in [0.25, 0.3) is 0 Å². The van der Waals surface area contributed by atoms with E-state index >= 15 is 0 Å². The second-order valence-corrected chi connectivity index (χ2v) is 7.93. The van der Waals surface area contributed by atoms with Crippen molar-refractivity contribution in [3.63, 3.8) is 0 Å². The van der Waals surface area contributed by atoms with Crippen LogP contribution in [0.5, 0.6) is 0 Å². The number of sulfonamides is 1. The number of halogens is 3. The Morgan fingerprint density at radius 2 is 1.81 bits per heavy atom. The van der Waals surface area contributed by atoms with Gasteiger partial charge in [0.25, 0.3) is 10.0 Å². The number of benzene rings is 2. The van der Waals surface area contributed by atoms with Gasteiger partial charge >= 0.3 is 0 Å². The van der Waals surface area contributed by atoms with Crippen LogP contribution < -0.4 is 10.5 Å². The fraction of sp³-hybridized carbons (Fsp3) is 0.0769. The molecule has 0 amide bonds. The number of rotatable bonds is 4. The summed E-state index contributed by atoms with van der Waals surface area (Å²) in [5, 5.41) is 0.643. The Balaban J connectivity index is 2.36. The van der Waals surface area contributed by atoms with E-state index in [2.05, 4.69) is 27.3 Å². The van der Waals surface area contributed by atoms with Crippen LogP contribution in [0.4, 0.5) is 5.69 Å². The highest BCUT2D eigenvalue weighted by atomic mass is 127. The molecular formula is C13H11Cl2IN2O2S. The van der Waals surface area contributed by atoms with Gasteiger partial charge in [0.2, 0.25) is 0 Å². The Bertz CT molecular complexity index is 782. The minimum atomic E-state index is -3.76. The first-order valence-electron chi connectivity index (χ1n) is 5.80. The highest BCUT2D eigenvalue weighted by Crippen LogP contribution is 2.27. The van der Waals surface area contributed by atoms with Gasteiger partial charge in [0, 0.05) is 15.1 Å². The number of nitrogens with two attached hydrogens (primary N) is 1. The molecule has 0 radical (unpaired) electrons. The molecule has 0 atom stereocenters. The van der Waals surface area contributed by atoms with E-state index in [0.717, 1.165) is 3.57 Å². The van der Waals surface area contributed by atoms with Crippen LogP contribution in [-0.4, -0.2) is 8.42 Å². The maximum absolute atomic E-state index is 12.3. The molecule has 2 aromatic carbocycles. The van der Waals surface area contributed by atoms with Crippen LogP contribution in [0.3, 0.4) is 0 Å². The van der Waals surface area contributed by atoms with Crippen molar-refractivity contribution in [1.82, 2.24) is 0 Å². The molecule has 0 bridgehead atoms. The second kappa shape index (κ2) is 6.70. The average molecular weight is 457 g/mol. The zero-order chi connectivity index (χ0) is 15.6. The predicted octanol–water partition coefficient (Wildman–Crippen LogP) is 3.86. The molecule has 0 fully saturated rings. The molecule has 0 aromatic heterocycles. The van der Waals surface area contributed by atoms with E-state index in [1.54, 1.807) is 24.3 Å². The fourth-order valence-corrected chi connectivity index (χ4v) is 4.02. The van der Waals surface area contributed by atoms with Gasteiger partial charge in [-0.25, -0.2) is 8.42 Å². The summed E-state index contributed by atoms with van der Waals surface area (Å²) in [5.41, 5.74) is 6.50. The van der Waals surface area contributed by atoms with Gasteiger partial charge < -0.3 is 5.73 Å². The minimum absolute atomic E-state index is 0.0549. The lowest BCUT2D eigenvalue weighted by atomic mass is 10.2. The highest BCUT2D eigenvalue weighted by molar-refractivity contribution is 14.1. The Hall–Kier alpha value is -0.540. The number of anilines is 1. The first-order chi connectivity index (χ1) is 9.83. The first-order valence-corrected chi connectivity index (χ1v) is 9.11. The van der Waals surface area contributed by atoms with Crippen molar-refractivity contribution >= 4 is 61.5 Å². The molecular weight excluding hydrogens is 446 g/mol. The van der Waals surface area contributed by atoms with E-state index in [1.807, 2.05) is 0 Å². The van der Waals surface area contributed by atoms with Gasteiger partial charge in [-0.2, -0.15) is 0 Å². The van der Waals surface area contributed by atoms with Crippen LogP contribution in [-0.2, 0) is 16.6 Å². The standard InChI is InChI=1S/C13H11Cl2IN2O2S/c14-11-6-10(3-1-8(11)7-17)21(19,20)18-13-4-2-9(16)5-12(13)15/h1-6,18H,7,17H2. The third-order valence-corrected chi connectivity index (χ3v) is 5.43. The van der Waals surface area contributed by atoms with Gasteiger partial charge in [0.1, 0.15) is 0 Å². The number of nitrogens with one attached hydrogen (secondary N) is 1. The summed E-state index contributed by atoms with van der Waals surface area (Å²) in [6.07, 6.45) is 0. The van der Waals surface area contributed by atoms with Crippen LogP contribution in [0, 0.1) is 3.57 Å². The van der Waals surface area contributed by atoms with Crippen LogP contribution in [0.1, 0.15) is 5.56 Å². The zero-order valence-electron chi connectivity index (χ0n) is 10.6. The highest BCUT2D eigenvalue weighted by Gasteiger charge is 2.17. The van der Waals surface area contributed by atoms with Crippen molar-refractivity contribution in [3.8, 4) is 0 Å². The maximum Gasteiger partial charge on any atom is 0.261 e. The third kappa shape index (κ3) is 4.01. The summed E-state index contributed by atoms with van der Waals surface area (Å²) < 4.78 is 28.0. The largest absolute Gasteiger partial charge is 0.326 e. The first kappa shape index (κ1) is 16.8. The lowest BCUT2D eigenvalue weighted by Gasteiger charge is -2.11. The van der Waals surface area contributed by atoms with Crippen LogP contribution in [0.15, 0.2) is 41.3 Å². The Morgan fingerprint density at radius 1 is 1.10 bits per heavy atom. The topological polar surface area (TPSA) is 72.2 Å². The molecule has 112 valence electrons. The van der Waals surface area contributed by atoms with Crippen LogP contribution in [0.2, 0.25) is 10.0 Å². The Kier molecular flexibility index (Phi) is 5.37. The van der Waals surface area contributed by atoms with E-state index in [-0.39, 0.29) is 11.4 Å². The molecule has 0 aliphatic rings. The zero-order valence-corrected chi connectivity index (χ0v) is 15.1. The monoisotopic (exact) mass is 456 g/mol. The van der Waals surface area contributed by atoms with Crippen molar-refractivity contribution in [3.05, 3.63) is 55.6 Å². The number of hydrogen-bond acceptors (Lipinski definition) is 3. The SMILES string of the molecule is NCc1ccc(S(=O)(=O)Nc2ccc(I)cc2Cl)cc1Cl. The van der Waals surface area contributed by atoms with Crippen LogP contribution >= 0.6 is 45.8 Å². The molecule has 2 aromatic rings. The fourth-order valence-electron chi connectivity index (χ4n) is 1.64. The van der Waals surface area contributed by atoms with E-state index < -0.39 is 10.0 Å². The molecule has 0 saturated heterocycles. The molecule has 8 heteroatoms. The molecule has 0 aliphatic carbocycles. The smallest absolute Gasteiger partial charge is 0.261 e. The molecule has 0 spiro atoms. The molecule has 3 N–H and O–H groups in total. The molecule has 2 rings (SSSR count). The quantitative estimate of drug-likeness (QED) is 0.686. The Labute approximate surface area is 146 Å². The van der Waals surface area contributed by atoms with Crippen molar-refractivity contribution < 1.29 is 8.42 Å². The molecule has 4 nitrogen and oxygen atoms in total. The van der Waals surface area contributed by atoms with E-state index in [1.165, 1.54) is 12.1 Å². The molecule has 21 heavy (non-hydrogen) atoms. The summed E-state index contributed by atoms with van der Waals surface area (Å²) in [4.78, 5) is 0.0549. The number of hydrogen-bond donors (Lipinski definition) is 2. The molecule has 0 heterocycles. The van der Waals surface area contributed by atoms with Gasteiger partial charge in [0.05, 0.1) is 15.6 Å². The predicted molar refractivity (Wildman–Crippen MR) is 94.3 cm³/mol. The van der Waals surface area contributed by atoms with Gasteiger partial charge in [-0.1, -0.05) is 29.3 Å². The summed E-state index contributed by atoms with van der Waals surface area (Å²) in [7, 11) is -3.76. The second-order valence-electron chi connectivity index (χ2n) is 4.19. The van der Waals surface area contributed by atoms with Crippen molar-refractivity contribution in [2.75, 3.05) is 4.72 Å². The summed E-state index contributed by atoms with van der Waals surface area (Å²) in [6.45, 7) is 0.246. The van der Waals surface area contributed by atoms with Gasteiger partial charge in [-0.05, 0) is 58.5 Å². The van der Waals surface area contributed by atoms with Crippen molar-refractivity contribution in [2.45, 2.75) is 11.4 Å². The van der Waals surface area contributed by atoms with E-state index in [0.29, 0.717) is 21.3 Å². The van der Waals surface area contributed by atoms with Gasteiger partial charge in [0.15, 0.2) is 0 Å². The lowest BCUT2D eigenvalue weighted by Crippen LogP contribution is -2.13. The van der Waals surface area contributed by atoms with Gasteiger partial charge in [-0.3, -0.25) is 4.72 Å². The van der Waals surface area contributed by atoms with Crippen molar-refractivity contribution in [2.24, 2.45) is 5.73 Å². The summed E-state index contributed by atoms with van der Waals surface area (Å²) in [6, 6.07) is 9.45.